The van der Waals surface area contributed by atoms with Crippen LogP contribution in [0.15, 0.2) is 42.7 Å². The predicted molar refractivity (Wildman–Crippen MR) is 69.8 cm³/mol. The van der Waals surface area contributed by atoms with Crippen molar-refractivity contribution < 1.29 is 9.18 Å². The van der Waals surface area contributed by atoms with Crippen molar-refractivity contribution in [2.24, 2.45) is 0 Å². The molecule has 2 rings (SSSR count). The molecule has 0 aliphatic rings. The lowest BCUT2D eigenvalue weighted by Crippen LogP contribution is -2.32. The molecule has 0 saturated heterocycles. The van der Waals surface area contributed by atoms with E-state index in [2.05, 4.69) is 5.10 Å². The Hall–Kier alpha value is -2.17. The quantitative estimate of drug-likeness (QED) is 0.846. The fourth-order valence-electron chi connectivity index (χ4n) is 1.88. The highest BCUT2D eigenvalue weighted by Crippen LogP contribution is 2.11. The van der Waals surface area contributed by atoms with Crippen LogP contribution >= 0.6 is 0 Å². The Kier molecular flexibility index (Phi) is 3.94. The third-order valence-corrected chi connectivity index (χ3v) is 2.99. The van der Waals surface area contributed by atoms with Gasteiger partial charge in [-0.15, -0.1) is 0 Å². The van der Waals surface area contributed by atoms with Crippen molar-refractivity contribution in [3.05, 3.63) is 54.1 Å². The van der Waals surface area contributed by atoms with Crippen molar-refractivity contribution >= 4 is 5.91 Å². The zero-order valence-corrected chi connectivity index (χ0v) is 11.0. The van der Waals surface area contributed by atoms with Crippen LogP contribution in [0, 0.1) is 5.82 Å². The van der Waals surface area contributed by atoms with Gasteiger partial charge in [0.15, 0.2) is 0 Å². The number of likely N-dealkylation sites (N-methyl/N-ethyl adjacent to an activating group) is 1. The Morgan fingerprint density at radius 3 is 2.68 bits per heavy atom. The lowest BCUT2D eigenvalue weighted by molar-refractivity contribution is -0.133. The number of nitrogens with zero attached hydrogens (tertiary/aromatic N) is 3. The number of hydrogen-bond donors (Lipinski definition) is 0. The molecule has 5 heteroatoms. The summed E-state index contributed by atoms with van der Waals surface area (Å²) in [7, 11) is 1.73. The van der Waals surface area contributed by atoms with Gasteiger partial charge in [0.1, 0.15) is 11.9 Å². The minimum absolute atomic E-state index is 0.0342. The summed E-state index contributed by atoms with van der Waals surface area (Å²) < 4.78 is 14.4. The average Bonchev–Trinajstić information content (AvgIpc) is 2.93. The molecule has 0 aliphatic heterocycles. The van der Waals surface area contributed by atoms with E-state index in [1.165, 1.54) is 12.1 Å². The molecule has 1 atom stereocenters. The maximum Gasteiger partial charge on any atom is 0.247 e. The number of halogens is 1. The molecule has 0 bridgehead atoms. The molecule has 0 saturated carbocycles. The molecule has 0 aliphatic carbocycles. The molecule has 0 N–H and O–H groups in total. The molecule has 1 aromatic heterocycles. The summed E-state index contributed by atoms with van der Waals surface area (Å²) in [5.41, 5.74) is 0.893. The number of hydrogen-bond acceptors (Lipinski definition) is 2. The number of carbonyl (C=O) groups is 1. The molecule has 100 valence electrons. The zero-order chi connectivity index (χ0) is 13.8. The van der Waals surface area contributed by atoms with E-state index in [1.807, 2.05) is 0 Å². The van der Waals surface area contributed by atoms with Crippen molar-refractivity contribution in [3.8, 4) is 0 Å². The molecule has 0 spiro atoms. The SMILES string of the molecule is CC(C(=O)N(C)Cc1ccc(F)cc1)n1cccn1. The number of carbonyl (C=O) groups excluding carboxylic acids is 1. The molecule has 1 unspecified atom stereocenters. The van der Waals surface area contributed by atoms with Gasteiger partial charge >= 0.3 is 0 Å². The van der Waals surface area contributed by atoms with Crippen LogP contribution in [0.1, 0.15) is 18.5 Å². The summed E-state index contributed by atoms with van der Waals surface area (Å²) in [6, 6.07) is 7.58. The van der Waals surface area contributed by atoms with Crippen molar-refractivity contribution in [3.63, 3.8) is 0 Å². The number of amides is 1. The van der Waals surface area contributed by atoms with Gasteiger partial charge < -0.3 is 4.90 Å². The molecule has 4 nitrogen and oxygen atoms in total. The Balaban J connectivity index is 2.01. The summed E-state index contributed by atoms with van der Waals surface area (Å²) >= 11 is 0. The van der Waals surface area contributed by atoms with Crippen molar-refractivity contribution in [2.75, 3.05) is 7.05 Å². The van der Waals surface area contributed by atoms with Gasteiger partial charge in [0.25, 0.3) is 0 Å². The monoisotopic (exact) mass is 261 g/mol. The van der Waals surface area contributed by atoms with Crippen molar-refractivity contribution in [1.29, 1.82) is 0 Å². The largest absolute Gasteiger partial charge is 0.340 e. The van der Waals surface area contributed by atoms with E-state index in [0.29, 0.717) is 6.54 Å². The van der Waals surface area contributed by atoms with Crippen LogP contribution < -0.4 is 0 Å². The summed E-state index contributed by atoms with van der Waals surface area (Å²) in [6.45, 7) is 2.25. The van der Waals surface area contributed by atoms with Crippen LogP contribution in [-0.4, -0.2) is 27.6 Å². The van der Waals surface area contributed by atoms with E-state index >= 15 is 0 Å². The normalized spacial score (nSPS) is 12.2. The minimum atomic E-state index is -0.347. The third-order valence-electron chi connectivity index (χ3n) is 2.99. The Labute approximate surface area is 111 Å². The summed E-state index contributed by atoms with van der Waals surface area (Å²) in [6.07, 6.45) is 3.40. The van der Waals surface area contributed by atoms with Crippen LogP contribution in [0.25, 0.3) is 0 Å². The second-order valence-corrected chi connectivity index (χ2v) is 4.48. The van der Waals surface area contributed by atoms with Gasteiger partial charge in [-0.2, -0.15) is 5.10 Å². The summed E-state index contributed by atoms with van der Waals surface area (Å²) in [5.74, 6) is -0.310. The van der Waals surface area contributed by atoms with Crippen LogP contribution in [0.4, 0.5) is 4.39 Å². The second kappa shape index (κ2) is 5.65. The van der Waals surface area contributed by atoms with Crippen LogP contribution in [0.5, 0.6) is 0 Å². The Bertz CT molecular complexity index is 536. The first-order valence-electron chi connectivity index (χ1n) is 6.06. The highest BCUT2D eigenvalue weighted by molar-refractivity contribution is 5.79. The molecule has 0 fully saturated rings. The minimum Gasteiger partial charge on any atom is -0.340 e. The zero-order valence-electron chi connectivity index (χ0n) is 11.0. The molecule has 0 radical (unpaired) electrons. The van der Waals surface area contributed by atoms with Gasteiger partial charge in [-0.05, 0) is 30.7 Å². The van der Waals surface area contributed by atoms with Gasteiger partial charge in [0.05, 0.1) is 0 Å². The van der Waals surface area contributed by atoms with Gasteiger partial charge in [0, 0.05) is 26.0 Å². The molecular formula is C14H16FN3O. The molecule has 1 amide bonds. The van der Waals surface area contributed by atoms with Gasteiger partial charge in [-0.1, -0.05) is 12.1 Å². The van der Waals surface area contributed by atoms with E-state index in [0.717, 1.165) is 5.56 Å². The predicted octanol–water partition coefficient (Wildman–Crippen LogP) is 2.24. The smallest absolute Gasteiger partial charge is 0.247 e. The van der Waals surface area contributed by atoms with Crippen LogP contribution in [0.2, 0.25) is 0 Å². The highest BCUT2D eigenvalue weighted by Gasteiger charge is 2.19. The molecule has 2 aromatic rings. The summed E-state index contributed by atoms with van der Waals surface area (Å²) in [4.78, 5) is 13.8. The average molecular weight is 261 g/mol. The van der Waals surface area contributed by atoms with E-state index in [9.17, 15) is 9.18 Å². The first-order chi connectivity index (χ1) is 9.08. The molecule has 1 heterocycles. The van der Waals surface area contributed by atoms with E-state index in [4.69, 9.17) is 0 Å². The number of benzene rings is 1. The van der Waals surface area contributed by atoms with Crippen LogP contribution in [-0.2, 0) is 11.3 Å². The first kappa shape index (κ1) is 13.3. The molecule has 19 heavy (non-hydrogen) atoms. The van der Waals surface area contributed by atoms with E-state index < -0.39 is 0 Å². The lowest BCUT2D eigenvalue weighted by Gasteiger charge is -2.21. The molecular weight excluding hydrogens is 245 g/mol. The Morgan fingerprint density at radius 1 is 1.42 bits per heavy atom. The van der Waals surface area contributed by atoms with Gasteiger partial charge in [-0.3, -0.25) is 9.48 Å². The van der Waals surface area contributed by atoms with Crippen LogP contribution in [0.3, 0.4) is 0 Å². The summed E-state index contributed by atoms with van der Waals surface area (Å²) in [5, 5.41) is 4.06. The standard InChI is InChI=1S/C14H16FN3O/c1-11(18-9-3-8-16-18)14(19)17(2)10-12-4-6-13(15)7-5-12/h3-9,11H,10H2,1-2H3. The highest BCUT2D eigenvalue weighted by atomic mass is 19.1. The molecule has 1 aromatic carbocycles. The number of rotatable bonds is 4. The van der Waals surface area contributed by atoms with Crippen molar-refractivity contribution in [2.45, 2.75) is 19.5 Å². The van der Waals surface area contributed by atoms with Gasteiger partial charge in [0.2, 0.25) is 5.91 Å². The maximum atomic E-state index is 12.8. The number of aromatic nitrogens is 2. The van der Waals surface area contributed by atoms with E-state index in [-0.39, 0.29) is 17.8 Å². The second-order valence-electron chi connectivity index (χ2n) is 4.48. The van der Waals surface area contributed by atoms with Gasteiger partial charge in [-0.25, -0.2) is 4.39 Å². The van der Waals surface area contributed by atoms with E-state index in [1.54, 1.807) is 54.1 Å². The Morgan fingerprint density at radius 2 is 2.11 bits per heavy atom. The first-order valence-corrected chi connectivity index (χ1v) is 6.06. The maximum absolute atomic E-state index is 12.8. The lowest BCUT2D eigenvalue weighted by atomic mass is 10.2. The fourth-order valence-corrected chi connectivity index (χ4v) is 1.88. The van der Waals surface area contributed by atoms with Crippen molar-refractivity contribution in [1.82, 2.24) is 14.7 Å². The topological polar surface area (TPSA) is 38.1 Å². The fraction of sp³-hybridized carbons (Fsp3) is 0.286. The third kappa shape index (κ3) is 3.19.